The van der Waals surface area contributed by atoms with E-state index in [0.717, 1.165) is 33.4 Å². The molecule has 0 aliphatic rings. The topological polar surface area (TPSA) is 50.9 Å². The quantitative estimate of drug-likeness (QED) is 0.651. The van der Waals surface area contributed by atoms with Crippen LogP contribution in [-0.4, -0.2) is 19.9 Å². The maximum atomic E-state index is 11.0. The minimum absolute atomic E-state index is 0.199. The molecule has 140 valence electrons. The molecule has 27 heavy (non-hydrogen) atoms. The second kappa shape index (κ2) is 6.42. The largest absolute Gasteiger partial charge is 0.507 e. The van der Waals surface area contributed by atoms with E-state index in [2.05, 4.69) is 52.4 Å². The molecule has 0 unspecified atom stereocenters. The number of nitrogens with zero attached hydrogens (tertiary/aromatic N) is 3. The van der Waals surface area contributed by atoms with Gasteiger partial charge in [0, 0.05) is 28.3 Å². The van der Waals surface area contributed by atoms with Gasteiger partial charge in [-0.2, -0.15) is 5.10 Å². The number of aromatic hydroxyl groups is 1. The third kappa shape index (κ3) is 3.42. The number of terminal acetylenes is 1. The molecule has 4 heteroatoms. The summed E-state index contributed by atoms with van der Waals surface area (Å²) in [7, 11) is 0. The smallest absolute Gasteiger partial charge is 0.159 e. The molecule has 0 spiro atoms. The van der Waals surface area contributed by atoms with Gasteiger partial charge in [-0.1, -0.05) is 47.5 Å². The van der Waals surface area contributed by atoms with E-state index in [-0.39, 0.29) is 10.8 Å². The van der Waals surface area contributed by atoms with Crippen LogP contribution in [0.4, 0.5) is 0 Å². The third-order valence-electron chi connectivity index (χ3n) is 4.75. The monoisotopic (exact) mass is 361 g/mol. The van der Waals surface area contributed by atoms with E-state index in [4.69, 9.17) is 11.5 Å². The summed E-state index contributed by atoms with van der Waals surface area (Å²) < 4.78 is 1.76. The van der Waals surface area contributed by atoms with Crippen LogP contribution in [-0.2, 0) is 17.4 Å². The van der Waals surface area contributed by atoms with Crippen molar-refractivity contribution in [3.63, 3.8) is 0 Å². The summed E-state index contributed by atoms with van der Waals surface area (Å²) in [6.07, 6.45) is 7.26. The molecule has 0 atom stereocenters. The van der Waals surface area contributed by atoms with Crippen LogP contribution in [0.1, 0.15) is 52.7 Å². The van der Waals surface area contributed by atoms with E-state index < -0.39 is 0 Å². The molecule has 2 aromatic heterocycles. The lowest BCUT2D eigenvalue weighted by molar-refractivity contribution is 0.423. The molecule has 0 bridgehead atoms. The van der Waals surface area contributed by atoms with Crippen molar-refractivity contribution >= 4 is 11.0 Å². The number of pyridine rings is 1. The van der Waals surface area contributed by atoms with Crippen LogP contribution in [0, 0.1) is 12.3 Å². The van der Waals surface area contributed by atoms with Crippen LogP contribution in [0.25, 0.3) is 22.3 Å². The fourth-order valence-corrected chi connectivity index (χ4v) is 3.33. The molecule has 0 aliphatic heterocycles. The van der Waals surface area contributed by atoms with Crippen molar-refractivity contribution in [2.75, 3.05) is 0 Å². The van der Waals surface area contributed by atoms with Gasteiger partial charge in [0.25, 0.3) is 0 Å². The highest BCUT2D eigenvalue weighted by atomic mass is 16.3. The van der Waals surface area contributed by atoms with E-state index in [0.29, 0.717) is 12.3 Å². The second-order valence-corrected chi connectivity index (χ2v) is 9.00. The number of phenols is 1. The Labute approximate surface area is 161 Å². The Morgan fingerprint density at radius 2 is 1.67 bits per heavy atom. The Morgan fingerprint density at radius 1 is 1.07 bits per heavy atom. The van der Waals surface area contributed by atoms with Gasteiger partial charge in [0.1, 0.15) is 18.0 Å². The Bertz CT molecular complexity index is 1010. The maximum absolute atomic E-state index is 11.0. The summed E-state index contributed by atoms with van der Waals surface area (Å²) in [5.74, 6) is 3.01. The Hall–Kier alpha value is -2.80. The van der Waals surface area contributed by atoms with Gasteiger partial charge in [-0.3, -0.25) is 0 Å². The molecule has 3 rings (SSSR count). The van der Waals surface area contributed by atoms with Crippen LogP contribution in [0.15, 0.2) is 30.5 Å². The summed E-state index contributed by atoms with van der Waals surface area (Å²) in [6, 6.07) is 8.00. The molecule has 0 amide bonds. The number of benzene rings is 1. The number of aromatic nitrogens is 3. The molecular weight excluding hydrogens is 334 g/mol. The molecule has 0 saturated carbocycles. The minimum Gasteiger partial charge on any atom is -0.507 e. The lowest BCUT2D eigenvalue weighted by Gasteiger charge is -2.28. The van der Waals surface area contributed by atoms with Crippen molar-refractivity contribution < 1.29 is 5.11 Å². The van der Waals surface area contributed by atoms with Gasteiger partial charge in [-0.05, 0) is 35.1 Å². The zero-order valence-electron chi connectivity index (χ0n) is 17.0. The third-order valence-corrected chi connectivity index (χ3v) is 4.75. The normalized spacial score (nSPS) is 12.3. The molecule has 0 fully saturated rings. The van der Waals surface area contributed by atoms with E-state index in [1.165, 1.54) is 0 Å². The number of rotatable bonds is 2. The van der Waals surface area contributed by atoms with E-state index in [9.17, 15) is 5.11 Å². The number of hydrogen-bond donors (Lipinski definition) is 1. The molecular formula is C23H27N3O. The van der Waals surface area contributed by atoms with Gasteiger partial charge in [-0.25, -0.2) is 9.67 Å². The SMILES string of the molecule is C#CCn1nc(-c2cc(C(C)(C)C)c(O)c(C(C)(C)C)c2)c2cccnc21. The molecule has 0 radical (unpaired) electrons. The van der Waals surface area contributed by atoms with Gasteiger partial charge in [0.2, 0.25) is 0 Å². The van der Waals surface area contributed by atoms with Crippen molar-refractivity contribution in [3.05, 3.63) is 41.6 Å². The van der Waals surface area contributed by atoms with Crippen molar-refractivity contribution in [2.45, 2.75) is 58.9 Å². The number of fused-ring (bicyclic) bond motifs is 1. The van der Waals surface area contributed by atoms with E-state index in [1.54, 1.807) is 10.9 Å². The lowest BCUT2D eigenvalue weighted by atomic mass is 9.78. The summed E-state index contributed by atoms with van der Waals surface area (Å²) in [5, 5.41) is 16.7. The van der Waals surface area contributed by atoms with Gasteiger partial charge < -0.3 is 5.11 Å². The molecule has 3 aromatic rings. The molecule has 1 N–H and O–H groups in total. The first kappa shape index (κ1) is 19.0. The average Bonchev–Trinajstić information content (AvgIpc) is 2.92. The highest BCUT2D eigenvalue weighted by Crippen LogP contribution is 2.42. The summed E-state index contributed by atoms with van der Waals surface area (Å²) in [6.45, 7) is 13.0. The average molecular weight is 361 g/mol. The Kier molecular flexibility index (Phi) is 4.51. The van der Waals surface area contributed by atoms with Crippen molar-refractivity contribution in [1.82, 2.24) is 14.8 Å². The van der Waals surface area contributed by atoms with Gasteiger partial charge in [-0.15, -0.1) is 6.42 Å². The molecule has 0 saturated heterocycles. The summed E-state index contributed by atoms with van der Waals surface area (Å²) in [5.41, 5.74) is 4.00. The standard InChI is InChI=1S/C23H27N3O/c1-8-12-26-21-16(10-9-11-24-21)19(25-26)15-13-17(22(2,3)4)20(27)18(14-15)23(5,6)7/h1,9-11,13-14,27H,12H2,2-7H3. The highest BCUT2D eigenvalue weighted by Gasteiger charge is 2.27. The fourth-order valence-electron chi connectivity index (χ4n) is 3.33. The number of phenolic OH excluding ortho intramolecular Hbond substituents is 1. The zero-order valence-corrected chi connectivity index (χ0v) is 17.0. The predicted molar refractivity (Wildman–Crippen MR) is 111 cm³/mol. The van der Waals surface area contributed by atoms with E-state index >= 15 is 0 Å². The van der Waals surface area contributed by atoms with Gasteiger partial charge in [0.05, 0.1) is 0 Å². The van der Waals surface area contributed by atoms with E-state index in [1.807, 2.05) is 24.3 Å². The van der Waals surface area contributed by atoms with Crippen LogP contribution >= 0.6 is 0 Å². The fraction of sp³-hybridized carbons (Fsp3) is 0.391. The molecule has 2 heterocycles. The first-order valence-corrected chi connectivity index (χ1v) is 9.17. The van der Waals surface area contributed by atoms with Crippen LogP contribution in [0.2, 0.25) is 0 Å². The molecule has 0 aliphatic carbocycles. The van der Waals surface area contributed by atoms with Crippen LogP contribution in [0.3, 0.4) is 0 Å². The predicted octanol–water partition coefficient (Wildman–Crippen LogP) is 5.03. The first-order chi connectivity index (χ1) is 12.5. The van der Waals surface area contributed by atoms with Gasteiger partial charge in [0.15, 0.2) is 5.65 Å². The molecule has 1 aromatic carbocycles. The Morgan fingerprint density at radius 3 is 2.19 bits per heavy atom. The van der Waals surface area contributed by atoms with Crippen molar-refractivity contribution in [2.24, 2.45) is 0 Å². The van der Waals surface area contributed by atoms with Crippen molar-refractivity contribution in [1.29, 1.82) is 0 Å². The Balaban J connectivity index is 2.36. The summed E-state index contributed by atoms with van der Waals surface area (Å²) >= 11 is 0. The second-order valence-electron chi connectivity index (χ2n) is 9.00. The number of hydrogen-bond acceptors (Lipinski definition) is 3. The molecule has 4 nitrogen and oxygen atoms in total. The van der Waals surface area contributed by atoms with Gasteiger partial charge >= 0.3 is 0 Å². The van der Waals surface area contributed by atoms with Crippen LogP contribution < -0.4 is 0 Å². The maximum Gasteiger partial charge on any atom is 0.159 e. The summed E-state index contributed by atoms with van der Waals surface area (Å²) in [4.78, 5) is 4.46. The van der Waals surface area contributed by atoms with Crippen molar-refractivity contribution in [3.8, 4) is 29.4 Å². The van der Waals surface area contributed by atoms with Crippen LogP contribution in [0.5, 0.6) is 5.75 Å². The minimum atomic E-state index is -0.199. The zero-order chi connectivity index (χ0) is 20.0. The highest BCUT2D eigenvalue weighted by molar-refractivity contribution is 5.91. The lowest BCUT2D eigenvalue weighted by Crippen LogP contribution is -2.17. The first-order valence-electron chi connectivity index (χ1n) is 9.17.